The summed E-state index contributed by atoms with van der Waals surface area (Å²) in [4.78, 5) is 0. The van der Waals surface area contributed by atoms with Gasteiger partial charge in [-0.05, 0) is 43.2 Å². The molecular formula is C18H20N2O2. The zero-order valence-corrected chi connectivity index (χ0v) is 12.7. The molecule has 22 heavy (non-hydrogen) atoms. The fourth-order valence-electron chi connectivity index (χ4n) is 2.43. The standard InChI is InChI=1S/C18H20N2O2/c1-21-16-8-10-17(11-9-16)22-13-5-4-12-20-18-7-3-2-6-15(18)14-19-20/h2-3,6-11,14H,4-5,12-13H2,1H3. The van der Waals surface area contributed by atoms with Crippen LogP contribution in [0.15, 0.2) is 54.7 Å². The predicted molar refractivity (Wildman–Crippen MR) is 87.5 cm³/mol. The molecule has 0 fully saturated rings. The fourth-order valence-corrected chi connectivity index (χ4v) is 2.43. The summed E-state index contributed by atoms with van der Waals surface area (Å²) in [6.07, 6.45) is 3.96. The van der Waals surface area contributed by atoms with Crippen LogP contribution in [-0.2, 0) is 6.54 Å². The summed E-state index contributed by atoms with van der Waals surface area (Å²) in [6.45, 7) is 1.63. The number of hydrogen-bond acceptors (Lipinski definition) is 3. The number of fused-ring (bicyclic) bond motifs is 1. The Morgan fingerprint density at radius 1 is 0.955 bits per heavy atom. The van der Waals surface area contributed by atoms with Crippen molar-refractivity contribution in [3.63, 3.8) is 0 Å². The van der Waals surface area contributed by atoms with Gasteiger partial charge in [0.15, 0.2) is 0 Å². The zero-order chi connectivity index (χ0) is 15.2. The number of ether oxygens (including phenoxy) is 2. The van der Waals surface area contributed by atoms with Crippen molar-refractivity contribution in [1.82, 2.24) is 9.78 Å². The van der Waals surface area contributed by atoms with Crippen molar-refractivity contribution >= 4 is 10.9 Å². The maximum Gasteiger partial charge on any atom is 0.119 e. The molecule has 0 aliphatic heterocycles. The third-order valence-electron chi connectivity index (χ3n) is 3.64. The lowest BCUT2D eigenvalue weighted by Gasteiger charge is -2.07. The monoisotopic (exact) mass is 296 g/mol. The van der Waals surface area contributed by atoms with Crippen molar-refractivity contribution in [2.45, 2.75) is 19.4 Å². The number of nitrogens with zero attached hydrogens (tertiary/aromatic N) is 2. The minimum Gasteiger partial charge on any atom is -0.497 e. The average molecular weight is 296 g/mol. The Kier molecular flexibility index (Phi) is 4.59. The summed E-state index contributed by atoms with van der Waals surface area (Å²) in [5, 5.41) is 5.62. The summed E-state index contributed by atoms with van der Waals surface area (Å²) < 4.78 is 12.9. The molecule has 0 aliphatic carbocycles. The molecule has 3 rings (SSSR count). The normalized spacial score (nSPS) is 10.8. The number of hydrogen-bond donors (Lipinski definition) is 0. The highest BCUT2D eigenvalue weighted by Gasteiger charge is 2.01. The van der Waals surface area contributed by atoms with E-state index in [0.717, 1.165) is 30.9 Å². The summed E-state index contributed by atoms with van der Waals surface area (Å²) in [5.74, 6) is 1.73. The zero-order valence-electron chi connectivity index (χ0n) is 12.7. The molecule has 1 aromatic heterocycles. The number of aromatic nitrogens is 2. The van der Waals surface area contributed by atoms with Crippen LogP contribution in [0.1, 0.15) is 12.8 Å². The van der Waals surface area contributed by atoms with Gasteiger partial charge in [-0.2, -0.15) is 5.10 Å². The molecule has 0 spiro atoms. The molecule has 3 aromatic rings. The molecule has 2 aromatic carbocycles. The Balaban J connectivity index is 1.43. The fraction of sp³-hybridized carbons (Fsp3) is 0.278. The van der Waals surface area contributed by atoms with Crippen LogP contribution in [0.3, 0.4) is 0 Å². The number of unbranched alkanes of at least 4 members (excludes halogenated alkanes) is 1. The Morgan fingerprint density at radius 3 is 2.55 bits per heavy atom. The highest BCUT2D eigenvalue weighted by Crippen LogP contribution is 2.17. The molecule has 0 bridgehead atoms. The highest BCUT2D eigenvalue weighted by atomic mass is 16.5. The van der Waals surface area contributed by atoms with Gasteiger partial charge >= 0.3 is 0 Å². The van der Waals surface area contributed by atoms with Crippen LogP contribution in [0, 0.1) is 0 Å². The molecule has 0 radical (unpaired) electrons. The molecule has 0 saturated carbocycles. The van der Waals surface area contributed by atoms with Crippen LogP contribution in [0.25, 0.3) is 10.9 Å². The molecule has 0 saturated heterocycles. The maximum atomic E-state index is 5.73. The van der Waals surface area contributed by atoms with Crippen molar-refractivity contribution in [3.05, 3.63) is 54.7 Å². The molecule has 1 heterocycles. The summed E-state index contributed by atoms with van der Waals surface area (Å²) >= 11 is 0. The van der Waals surface area contributed by atoms with E-state index in [1.807, 2.05) is 42.6 Å². The largest absolute Gasteiger partial charge is 0.497 e. The number of aryl methyl sites for hydroxylation is 1. The molecular weight excluding hydrogens is 276 g/mol. The van der Waals surface area contributed by atoms with Crippen LogP contribution < -0.4 is 9.47 Å². The van der Waals surface area contributed by atoms with E-state index < -0.39 is 0 Å². The van der Waals surface area contributed by atoms with Crippen molar-refractivity contribution in [1.29, 1.82) is 0 Å². The minimum atomic E-state index is 0.714. The second kappa shape index (κ2) is 6.98. The molecule has 4 nitrogen and oxygen atoms in total. The average Bonchev–Trinajstić information content (AvgIpc) is 2.98. The van der Waals surface area contributed by atoms with Gasteiger partial charge in [0.2, 0.25) is 0 Å². The van der Waals surface area contributed by atoms with Gasteiger partial charge in [0.05, 0.1) is 25.4 Å². The molecule has 0 amide bonds. The van der Waals surface area contributed by atoms with E-state index >= 15 is 0 Å². The summed E-state index contributed by atoms with van der Waals surface area (Å²) in [5.41, 5.74) is 1.19. The maximum absolute atomic E-state index is 5.73. The van der Waals surface area contributed by atoms with Crippen LogP contribution in [0.5, 0.6) is 11.5 Å². The second-order valence-corrected chi connectivity index (χ2v) is 5.16. The number of methoxy groups -OCH3 is 1. The Bertz CT molecular complexity index is 719. The SMILES string of the molecule is COc1ccc(OCCCCn2ncc3ccccc32)cc1. The number of benzene rings is 2. The van der Waals surface area contributed by atoms with Gasteiger partial charge in [0.1, 0.15) is 11.5 Å². The van der Waals surface area contributed by atoms with Crippen molar-refractivity contribution in [3.8, 4) is 11.5 Å². The summed E-state index contributed by atoms with van der Waals surface area (Å²) in [6, 6.07) is 16.0. The van der Waals surface area contributed by atoms with E-state index in [0.29, 0.717) is 6.61 Å². The quantitative estimate of drug-likeness (QED) is 0.620. The van der Waals surface area contributed by atoms with Gasteiger partial charge in [-0.25, -0.2) is 0 Å². The van der Waals surface area contributed by atoms with E-state index in [1.165, 1.54) is 10.9 Å². The molecule has 4 heteroatoms. The first-order chi connectivity index (χ1) is 10.9. The van der Waals surface area contributed by atoms with Crippen molar-refractivity contribution in [2.75, 3.05) is 13.7 Å². The molecule has 0 atom stereocenters. The van der Waals surface area contributed by atoms with Gasteiger partial charge in [-0.3, -0.25) is 4.68 Å². The lowest BCUT2D eigenvalue weighted by molar-refractivity contribution is 0.301. The first-order valence-electron chi connectivity index (χ1n) is 7.54. The lowest BCUT2D eigenvalue weighted by atomic mass is 10.2. The van der Waals surface area contributed by atoms with Crippen LogP contribution >= 0.6 is 0 Å². The van der Waals surface area contributed by atoms with Gasteiger partial charge in [0, 0.05) is 11.9 Å². The van der Waals surface area contributed by atoms with E-state index in [-0.39, 0.29) is 0 Å². The third-order valence-corrected chi connectivity index (χ3v) is 3.64. The van der Waals surface area contributed by atoms with E-state index in [2.05, 4.69) is 21.9 Å². The van der Waals surface area contributed by atoms with Crippen molar-refractivity contribution < 1.29 is 9.47 Å². The first kappa shape index (κ1) is 14.4. The Hall–Kier alpha value is -2.49. The van der Waals surface area contributed by atoms with Crippen LogP contribution in [0.2, 0.25) is 0 Å². The van der Waals surface area contributed by atoms with Crippen molar-refractivity contribution in [2.24, 2.45) is 0 Å². The molecule has 0 N–H and O–H groups in total. The number of rotatable bonds is 7. The lowest BCUT2D eigenvalue weighted by Crippen LogP contribution is -2.03. The highest BCUT2D eigenvalue weighted by molar-refractivity contribution is 5.78. The van der Waals surface area contributed by atoms with Crippen LogP contribution in [0.4, 0.5) is 0 Å². The van der Waals surface area contributed by atoms with E-state index in [9.17, 15) is 0 Å². The number of para-hydroxylation sites is 1. The van der Waals surface area contributed by atoms with Gasteiger partial charge in [-0.15, -0.1) is 0 Å². The second-order valence-electron chi connectivity index (χ2n) is 5.16. The van der Waals surface area contributed by atoms with Gasteiger partial charge < -0.3 is 9.47 Å². The Labute approximate surface area is 130 Å². The van der Waals surface area contributed by atoms with Gasteiger partial charge in [-0.1, -0.05) is 18.2 Å². The summed E-state index contributed by atoms with van der Waals surface area (Å²) in [7, 11) is 1.66. The van der Waals surface area contributed by atoms with Gasteiger partial charge in [0.25, 0.3) is 0 Å². The van der Waals surface area contributed by atoms with Crippen LogP contribution in [-0.4, -0.2) is 23.5 Å². The molecule has 0 aliphatic rings. The Morgan fingerprint density at radius 2 is 1.73 bits per heavy atom. The first-order valence-corrected chi connectivity index (χ1v) is 7.54. The van der Waals surface area contributed by atoms with E-state index in [4.69, 9.17) is 9.47 Å². The minimum absolute atomic E-state index is 0.714. The topological polar surface area (TPSA) is 36.3 Å². The smallest absolute Gasteiger partial charge is 0.119 e. The third kappa shape index (κ3) is 3.39. The molecule has 0 unspecified atom stereocenters. The molecule has 114 valence electrons. The predicted octanol–water partition coefficient (Wildman–Crippen LogP) is 3.90. The van der Waals surface area contributed by atoms with E-state index in [1.54, 1.807) is 7.11 Å².